The Balaban J connectivity index is 1.59. The maximum Gasteiger partial charge on any atom is 0.325 e. The lowest BCUT2D eigenvalue weighted by Gasteiger charge is -2.37. The summed E-state index contributed by atoms with van der Waals surface area (Å²) >= 11 is 0. The molecule has 0 radical (unpaired) electrons. The lowest BCUT2D eigenvalue weighted by molar-refractivity contribution is -0.144. The molecule has 0 saturated carbocycles. The molecular formula is C24H28N4O5. The number of rotatable bonds is 9. The Hall–Kier alpha value is -3.43. The molecule has 33 heavy (non-hydrogen) atoms. The summed E-state index contributed by atoms with van der Waals surface area (Å²) in [6.07, 6.45) is 3.52. The van der Waals surface area contributed by atoms with Crippen LogP contribution in [0, 0.1) is 0 Å². The largest absolute Gasteiger partial charge is 0.497 e. The molecule has 0 unspecified atom stereocenters. The van der Waals surface area contributed by atoms with Gasteiger partial charge in [0.25, 0.3) is 0 Å². The molecule has 1 aliphatic heterocycles. The molecule has 2 N–H and O–H groups in total. The van der Waals surface area contributed by atoms with Crippen molar-refractivity contribution in [3.63, 3.8) is 0 Å². The average Bonchev–Trinajstić information content (AvgIpc) is 3.16. The number of aromatic nitrogens is 2. The van der Waals surface area contributed by atoms with Gasteiger partial charge in [0.1, 0.15) is 11.8 Å². The van der Waals surface area contributed by atoms with E-state index in [2.05, 4.69) is 9.88 Å². The predicted molar refractivity (Wildman–Crippen MR) is 122 cm³/mol. The van der Waals surface area contributed by atoms with Crippen LogP contribution in [0.5, 0.6) is 5.75 Å². The molecule has 1 atom stereocenters. The molecule has 2 aromatic heterocycles. The maximum absolute atomic E-state index is 12.4. The third-order valence-corrected chi connectivity index (χ3v) is 6.10. The van der Waals surface area contributed by atoms with Crippen molar-refractivity contribution < 1.29 is 24.5 Å². The van der Waals surface area contributed by atoms with Gasteiger partial charge < -0.3 is 19.5 Å². The summed E-state index contributed by atoms with van der Waals surface area (Å²) in [7, 11) is 1.57. The molecule has 1 aliphatic rings. The average molecular weight is 453 g/mol. The Morgan fingerprint density at radius 3 is 2.55 bits per heavy atom. The van der Waals surface area contributed by atoms with Crippen molar-refractivity contribution in [2.45, 2.75) is 25.6 Å². The van der Waals surface area contributed by atoms with Crippen molar-refractivity contribution in [2.75, 3.05) is 33.3 Å². The van der Waals surface area contributed by atoms with Gasteiger partial charge in [-0.1, -0.05) is 6.07 Å². The zero-order chi connectivity index (χ0) is 23.4. The van der Waals surface area contributed by atoms with Gasteiger partial charge in [-0.05, 0) is 30.3 Å². The first-order valence-corrected chi connectivity index (χ1v) is 10.9. The molecule has 1 aromatic carbocycles. The quantitative estimate of drug-likeness (QED) is 0.510. The van der Waals surface area contributed by atoms with E-state index in [0.29, 0.717) is 24.4 Å². The van der Waals surface area contributed by atoms with Crippen LogP contribution in [0.3, 0.4) is 0 Å². The van der Waals surface area contributed by atoms with Gasteiger partial charge in [0, 0.05) is 68.1 Å². The van der Waals surface area contributed by atoms with Gasteiger partial charge in [0.05, 0.1) is 19.2 Å². The summed E-state index contributed by atoms with van der Waals surface area (Å²) in [5.74, 6) is -1.19. The van der Waals surface area contributed by atoms with Crippen LogP contribution in [0.15, 0.2) is 48.8 Å². The first kappa shape index (κ1) is 22.8. The number of piperazine rings is 1. The zero-order valence-electron chi connectivity index (χ0n) is 18.6. The summed E-state index contributed by atoms with van der Waals surface area (Å²) in [5, 5.41) is 20.1. The van der Waals surface area contributed by atoms with E-state index < -0.39 is 18.0 Å². The van der Waals surface area contributed by atoms with E-state index in [1.54, 1.807) is 25.6 Å². The highest BCUT2D eigenvalue weighted by atomic mass is 16.5. The van der Waals surface area contributed by atoms with Crippen molar-refractivity contribution in [1.82, 2.24) is 19.4 Å². The van der Waals surface area contributed by atoms with E-state index >= 15 is 0 Å². The molecule has 0 amide bonds. The molecule has 1 fully saturated rings. The minimum atomic E-state index is -0.923. The van der Waals surface area contributed by atoms with Crippen LogP contribution in [-0.2, 0) is 22.7 Å². The van der Waals surface area contributed by atoms with Crippen molar-refractivity contribution in [3.8, 4) is 5.75 Å². The molecule has 174 valence electrons. The fourth-order valence-electron chi connectivity index (χ4n) is 4.44. The molecule has 1 saturated heterocycles. The Labute approximate surface area is 191 Å². The van der Waals surface area contributed by atoms with Gasteiger partial charge in [-0.15, -0.1) is 0 Å². The normalized spacial score (nSPS) is 16.0. The van der Waals surface area contributed by atoms with Crippen LogP contribution in [0.2, 0.25) is 0 Å². The number of carboxylic acid groups (broad SMARTS) is 2. The van der Waals surface area contributed by atoms with Crippen LogP contribution < -0.4 is 4.74 Å². The monoisotopic (exact) mass is 452 g/mol. The van der Waals surface area contributed by atoms with Crippen LogP contribution in [-0.4, -0.2) is 74.8 Å². The van der Waals surface area contributed by atoms with E-state index in [4.69, 9.17) is 9.84 Å². The Morgan fingerprint density at radius 2 is 1.91 bits per heavy atom. The Morgan fingerprint density at radius 1 is 1.12 bits per heavy atom. The third-order valence-electron chi connectivity index (χ3n) is 6.10. The number of benzene rings is 1. The molecule has 0 spiro atoms. The van der Waals surface area contributed by atoms with E-state index in [1.807, 2.05) is 39.8 Å². The molecule has 0 bridgehead atoms. The third kappa shape index (κ3) is 5.15. The highest BCUT2D eigenvalue weighted by molar-refractivity contribution is 5.90. The van der Waals surface area contributed by atoms with Gasteiger partial charge in [0.15, 0.2) is 0 Å². The predicted octanol–water partition coefficient (Wildman–Crippen LogP) is 2.46. The molecule has 4 rings (SSSR count). The second kappa shape index (κ2) is 10.0. The molecule has 9 heteroatoms. The van der Waals surface area contributed by atoms with E-state index in [-0.39, 0.29) is 13.0 Å². The van der Waals surface area contributed by atoms with Crippen molar-refractivity contribution in [2.24, 2.45) is 0 Å². The zero-order valence-corrected chi connectivity index (χ0v) is 18.6. The highest BCUT2D eigenvalue weighted by Crippen LogP contribution is 2.34. The first-order valence-electron chi connectivity index (χ1n) is 10.9. The number of carbonyl (C=O) groups is 2. The summed E-state index contributed by atoms with van der Waals surface area (Å²) in [5.41, 5.74) is 2.45. The number of carboxylic acids is 2. The number of pyridine rings is 1. The number of hydrogen-bond acceptors (Lipinski definition) is 6. The summed E-state index contributed by atoms with van der Waals surface area (Å²) in [6, 6.07) is 10.5. The molecule has 0 aliphatic carbocycles. The number of nitrogens with zero attached hydrogens (tertiary/aromatic N) is 4. The fraction of sp³-hybridized carbons (Fsp3) is 0.375. The smallest absolute Gasteiger partial charge is 0.325 e. The lowest BCUT2D eigenvalue weighted by Crippen LogP contribution is -2.48. The van der Waals surface area contributed by atoms with Crippen LogP contribution in [0.4, 0.5) is 0 Å². The van der Waals surface area contributed by atoms with Crippen molar-refractivity contribution >= 4 is 22.8 Å². The standard InChI is InChI=1S/C24H28N4O5/c1-33-18-5-6-21-19(14-18)20(16-28(21)9-7-22(29)30)23(24(31)32)27-12-10-26(11-13-27)15-17-4-2-3-8-25-17/h2-6,8,14,16,23H,7,9-13,15H2,1H3,(H,29,30)(H,31,32)/t23-/m0/s1. The number of fused-ring (bicyclic) bond motifs is 1. The van der Waals surface area contributed by atoms with Gasteiger partial charge in [-0.2, -0.15) is 0 Å². The summed E-state index contributed by atoms with van der Waals surface area (Å²) in [6.45, 7) is 3.69. The second-order valence-electron chi connectivity index (χ2n) is 8.18. The van der Waals surface area contributed by atoms with E-state index in [1.165, 1.54) is 0 Å². The van der Waals surface area contributed by atoms with Gasteiger partial charge in [-0.25, -0.2) is 0 Å². The van der Waals surface area contributed by atoms with Gasteiger partial charge in [0.2, 0.25) is 0 Å². The fourth-order valence-corrected chi connectivity index (χ4v) is 4.44. The topological polar surface area (TPSA) is 108 Å². The van der Waals surface area contributed by atoms with Crippen LogP contribution in [0.25, 0.3) is 10.9 Å². The number of methoxy groups -OCH3 is 1. The van der Waals surface area contributed by atoms with Gasteiger partial charge in [-0.3, -0.25) is 24.4 Å². The summed E-state index contributed by atoms with van der Waals surface area (Å²) < 4.78 is 7.19. The number of hydrogen-bond donors (Lipinski definition) is 2. The first-order chi connectivity index (χ1) is 16.0. The van der Waals surface area contributed by atoms with E-state index in [9.17, 15) is 14.7 Å². The van der Waals surface area contributed by atoms with Crippen LogP contribution >= 0.6 is 0 Å². The maximum atomic E-state index is 12.4. The SMILES string of the molecule is COc1ccc2c(c1)c([C@@H](C(=O)O)N1CCN(Cc3ccccn3)CC1)cn2CCC(=O)O. The van der Waals surface area contributed by atoms with Crippen LogP contribution in [0.1, 0.15) is 23.7 Å². The minimum Gasteiger partial charge on any atom is -0.497 e. The van der Waals surface area contributed by atoms with Gasteiger partial charge >= 0.3 is 11.9 Å². The Kier molecular flexibility index (Phi) is 6.90. The highest BCUT2D eigenvalue weighted by Gasteiger charge is 2.33. The number of aryl methyl sites for hydroxylation is 1. The van der Waals surface area contributed by atoms with Crippen molar-refractivity contribution in [1.29, 1.82) is 0 Å². The second-order valence-corrected chi connectivity index (χ2v) is 8.18. The van der Waals surface area contributed by atoms with E-state index in [0.717, 1.165) is 36.2 Å². The lowest BCUT2D eigenvalue weighted by atomic mass is 10.0. The number of ether oxygens (including phenoxy) is 1. The number of aliphatic carboxylic acids is 2. The summed E-state index contributed by atoms with van der Waals surface area (Å²) in [4.78, 5) is 32.2. The van der Waals surface area contributed by atoms with Crippen molar-refractivity contribution in [3.05, 3.63) is 60.0 Å². The molecule has 9 nitrogen and oxygen atoms in total. The minimum absolute atomic E-state index is 0.0425. The molecule has 3 heterocycles. The molecule has 3 aromatic rings. The Bertz CT molecular complexity index is 1120. The molecular weight excluding hydrogens is 424 g/mol.